The molecule has 0 fully saturated rings. The number of anilines is 1. The third-order valence-electron chi connectivity index (χ3n) is 7.23. The third kappa shape index (κ3) is 5.98. The fourth-order valence-electron chi connectivity index (χ4n) is 5.30. The number of likely N-dealkylation sites (N-methyl/N-ethyl adjacent to an activating group) is 2. The highest BCUT2D eigenvalue weighted by Crippen LogP contribution is 2.38. The fraction of sp³-hybridized carbons (Fsp3) is 0.500. The second kappa shape index (κ2) is 12.5. The molecule has 0 spiro atoms. The van der Waals surface area contributed by atoms with E-state index >= 15 is 0 Å². The maximum absolute atomic E-state index is 12.4. The van der Waals surface area contributed by atoms with Gasteiger partial charge in [0, 0.05) is 51.8 Å². The van der Waals surface area contributed by atoms with Gasteiger partial charge in [-0.1, -0.05) is 56.1 Å². The molecule has 1 aromatic carbocycles. The summed E-state index contributed by atoms with van der Waals surface area (Å²) in [6.07, 6.45) is 3.73. The molecule has 2 aliphatic rings. The molecule has 8 nitrogen and oxygen atoms in total. The SMILES string of the molecule is CCCc1ccccc1C1Cc2nc(Cl)nc(N3CCCN=C(/C(Cl)=C(\N)C(=O)N(C)C)C3)c2CN1CC. The van der Waals surface area contributed by atoms with Crippen molar-refractivity contribution in [3.05, 3.63) is 62.7 Å². The Kier molecular flexibility index (Phi) is 9.28. The molecule has 0 saturated heterocycles. The molecule has 1 unspecified atom stereocenters. The van der Waals surface area contributed by atoms with Gasteiger partial charge in [0.05, 0.1) is 23.0 Å². The van der Waals surface area contributed by atoms with E-state index < -0.39 is 0 Å². The van der Waals surface area contributed by atoms with Gasteiger partial charge in [-0.2, -0.15) is 0 Å². The van der Waals surface area contributed by atoms with Crippen LogP contribution in [0.25, 0.3) is 0 Å². The van der Waals surface area contributed by atoms with E-state index in [0.29, 0.717) is 18.8 Å². The van der Waals surface area contributed by atoms with E-state index in [1.54, 1.807) is 14.1 Å². The van der Waals surface area contributed by atoms with Crippen molar-refractivity contribution in [2.24, 2.45) is 10.7 Å². The minimum absolute atomic E-state index is 0.00856. The van der Waals surface area contributed by atoms with Crippen LogP contribution in [0, 0.1) is 0 Å². The van der Waals surface area contributed by atoms with Crippen molar-refractivity contribution < 1.29 is 4.79 Å². The van der Waals surface area contributed by atoms with E-state index in [0.717, 1.165) is 62.4 Å². The predicted molar refractivity (Wildman–Crippen MR) is 155 cm³/mol. The van der Waals surface area contributed by atoms with E-state index in [1.807, 2.05) is 0 Å². The number of fused-ring (bicyclic) bond motifs is 1. The first-order valence-corrected chi connectivity index (χ1v) is 14.0. The van der Waals surface area contributed by atoms with Gasteiger partial charge in [0.1, 0.15) is 11.5 Å². The van der Waals surface area contributed by atoms with Gasteiger partial charge in [0.15, 0.2) is 0 Å². The van der Waals surface area contributed by atoms with E-state index in [-0.39, 0.29) is 28.0 Å². The Morgan fingerprint density at radius 2 is 1.95 bits per heavy atom. The van der Waals surface area contributed by atoms with Crippen LogP contribution >= 0.6 is 23.2 Å². The Bertz CT molecular complexity index is 1240. The van der Waals surface area contributed by atoms with Gasteiger partial charge in [0.25, 0.3) is 5.91 Å². The molecule has 1 atom stereocenters. The summed E-state index contributed by atoms with van der Waals surface area (Å²) >= 11 is 13.1. The summed E-state index contributed by atoms with van der Waals surface area (Å²) in [5, 5.41) is 0.420. The predicted octanol–water partition coefficient (Wildman–Crippen LogP) is 4.35. The van der Waals surface area contributed by atoms with E-state index in [4.69, 9.17) is 38.9 Å². The van der Waals surface area contributed by atoms with Gasteiger partial charge in [-0.05, 0) is 42.1 Å². The van der Waals surface area contributed by atoms with Gasteiger partial charge in [-0.15, -0.1) is 0 Å². The second-order valence-corrected chi connectivity index (χ2v) is 10.7. The zero-order chi connectivity index (χ0) is 27.4. The summed E-state index contributed by atoms with van der Waals surface area (Å²) in [4.78, 5) is 32.5. The maximum Gasteiger partial charge on any atom is 0.270 e. The quantitative estimate of drug-likeness (QED) is 0.402. The van der Waals surface area contributed by atoms with Crippen LogP contribution in [0.2, 0.25) is 5.28 Å². The second-order valence-electron chi connectivity index (χ2n) is 10.0. The van der Waals surface area contributed by atoms with Crippen LogP contribution < -0.4 is 10.6 Å². The van der Waals surface area contributed by atoms with E-state index in [1.165, 1.54) is 16.0 Å². The number of amides is 1. The fourth-order valence-corrected chi connectivity index (χ4v) is 5.68. The van der Waals surface area contributed by atoms with Crippen molar-refractivity contribution in [3.8, 4) is 0 Å². The first kappa shape index (κ1) is 28.3. The van der Waals surface area contributed by atoms with Crippen LogP contribution in [0.4, 0.5) is 5.82 Å². The summed E-state index contributed by atoms with van der Waals surface area (Å²) in [6.45, 7) is 7.73. The zero-order valence-corrected chi connectivity index (χ0v) is 24.2. The highest BCUT2D eigenvalue weighted by atomic mass is 35.5. The zero-order valence-electron chi connectivity index (χ0n) is 22.7. The summed E-state index contributed by atoms with van der Waals surface area (Å²) in [6, 6.07) is 8.96. The third-order valence-corrected chi connectivity index (χ3v) is 7.82. The number of hydrogen-bond acceptors (Lipinski definition) is 7. The highest BCUT2D eigenvalue weighted by Gasteiger charge is 2.33. The monoisotopic (exact) mass is 557 g/mol. The number of carbonyl (C=O) groups is 1. The molecule has 0 radical (unpaired) electrons. The number of aryl methyl sites for hydroxylation is 1. The average molecular weight is 559 g/mol. The Balaban J connectivity index is 1.70. The molecular weight excluding hydrogens is 521 g/mol. The molecule has 10 heteroatoms. The van der Waals surface area contributed by atoms with Crippen LogP contribution in [0.1, 0.15) is 55.1 Å². The summed E-state index contributed by atoms with van der Waals surface area (Å²) in [7, 11) is 3.28. The van der Waals surface area contributed by atoms with Crippen molar-refractivity contribution >= 4 is 40.6 Å². The molecule has 1 aromatic heterocycles. The Hall–Kier alpha value is -2.68. The molecule has 0 aliphatic carbocycles. The molecule has 0 saturated carbocycles. The molecule has 2 aliphatic heterocycles. The van der Waals surface area contributed by atoms with Crippen LogP contribution in [0.15, 0.2) is 40.0 Å². The maximum atomic E-state index is 12.4. The van der Waals surface area contributed by atoms with Crippen molar-refractivity contribution in [2.75, 3.05) is 45.2 Å². The molecule has 38 heavy (non-hydrogen) atoms. The summed E-state index contributed by atoms with van der Waals surface area (Å²) < 4.78 is 0. The lowest BCUT2D eigenvalue weighted by Crippen LogP contribution is -2.38. The lowest BCUT2D eigenvalue weighted by atomic mass is 9.89. The molecule has 4 rings (SSSR count). The first-order valence-electron chi connectivity index (χ1n) is 13.3. The lowest BCUT2D eigenvalue weighted by molar-refractivity contribution is -0.124. The van der Waals surface area contributed by atoms with Crippen LogP contribution in [0.5, 0.6) is 0 Å². The number of benzene rings is 1. The number of carbonyl (C=O) groups excluding carboxylic acids is 1. The van der Waals surface area contributed by atoms with Gasteiger partial charge < -0.3 is 15.5 Å². The van der Waals surface area contributed by atoms with Crippen molar-refractivity contribution in [1.29, 1.82) is 0 Å². The molecule has 3 heterocycles. The summed E-state index contributed by atoms with van der Waals surface area (Å²) in [5.41, 5.74) is 11.5. The number of aromatic nitrogens is 2. The van der Waals surface area contributed by atoms with Gasteiger partial charge in [-0.25, -0.2) is 9.97 Å². The largest absolute Gasteiger partial charge is 0.393 e. The number of nitrogens with zero attached hydrogens (tertiary/aromatic N) is 6. The Labute approximate surface area is 235 Å². The van der Waals surface area contributed by atoms with Crippen LogP contribution in [-0.2, 0) is 24.2 Å². The molecule has 204 valence electrons. The topological polar surface area (TPSA) is 90.9 Å². The average Bonchev–Trinajstić information content (AvgIpc) is 3.17. The Morgan fingerprint density at radius 1 is 1.18 bits per heavy atom. The van der Waals surface area contributed by atoms with Gasteiger partial charge in [-0.3, -0.25) is 14.7 Å². The van der Waals surface area contributed by atoms with Crippen LogP contribution in [-0.4, -0.2) is 71.7 Å². The summed E-state index contributed by atoms with van der Waals surface area (Å²) in [5.74, 6) is 0.458. The normalized spacial score (nSPS) is 18.8. The number of aliphatic imine (C=N–C) groups is 1. The van der Waals surface area contributed by atoms with Crippen LogP contribution in [0.3, 0.4) is 0 Å². The molecule has 2 N–H and O–H groups in total. The van der Waals surface area contributed by atoms with Crippen molar-refractivity contribution in [1.82, 2.24) is 19.8 Å². The molecular formula is C28H37Cl2N7O. The van der Waals surface area contributed by atoms with Gasteiger partial charge >= 0.3 is 0 Å². The van der Waals surface area contributed by atoms with Crippen molar-refractivity contribution in [2.45, 2.75) is 52.1 Å². The smallest absolute Gasteiger partial charge is 0.270 e. The number of halogens is 2. The minimum Gasteiger partial charge on any atom is -0.393 e. The molecule has 0 bridgehead atoms. The van der Waals surface area contributed by atoms with E-state index in [2.05, 4.69) is 52.9 Å². The van der Waals surface area contributed by atoms with E-state index in [9.17, 15) is 4.79 Å². The highest BCUT2D eigenvalue weighted by molar-refractivity contribution is 6.45. The Morgan fingerprint density at radius 3 is 2.66 bits per heavy atom. The van der Waals surface area contributed by atoms with Gasteiger partial charge in [0.2, 0.25) is 5.28 Å². The molecule has 2 aromatic rings. The lowest BCUT2D eigenvalue weighted by Gasteiger charge is -2.38. The number of rotatable bonds is 7. The minimum atomic E-state index is -0.344. The first-order chi connectivity index (χ1) is 18.2. The number of hydrogen-bond donors (Lipinski definition) is 1. The number of nitrogens with two attached hydrogens (primary N) is 1. The molecule has 1 amide bonds. The standard InChI is InChI=1S/C28H37Cl2N7O/c1-5-10-18-11-7-8-12-19(18)23-15-21-20(16-36(23)6-2)26(34-28(30)33-21)37-14-9-13-32-22(17-37)24(29)25(31)27(38)35(3)4/h7-8,11-12,23H,5-6,9-10,13-17,31H2,1-4H3/b25-24+. The van der Waals surface area contributed by atoms with Crippen molar-refractivity contribution in [3.63, 3.8) is 0 Å².